The molecule has 0 amide bonds. The fourth-order valence-electron chi connectivity index (χ4n) is 2.15. The van der Waals surface area contributed by atoms with E-state index in [9.17, 15) is 0 Å². The highest BCUT2D eigenvalue weighted by atomic mass is 16.5. The molecule has 3 nitrogen and oxygen atoms in total. The number of aryl methyl sites for hydroxylation is 2. The molecule has 1 heterocycles. The fraction of sp³-hybridized carbons (Fsp3) is 0.400. The Morgan fingerprint density at radius 1 is 1.22 bits per heavy atom. The van der Waals surface area contributed by atoms with Crippen LogP contribution >= 0.6 is 0 Å². The molecule has 0 aliphatic heterocycles. The number of hydrogen-bond donors (Lipinski definition) is 0. The van der Waals surface area contributed by atoms with Crippen LogP contribution in [0.2, 0.25) is 0 Å². The summed E-state index contributed by atoms with van der Waals surface area (Å²) in [4.78, 5) is 0. The van der Waals surface area contributed by atoms with Gasteiger partial charge in [-0.3, -0.25) is 4.68 Å². The Bertz CT molecular complexity index is 556. The lowest BCUT2D eigenvalue weighted by Gasteiger charge is -2.12. The molecule has 0 fully saturated rings. The summed E-state index contributed by atoms with van der Waals surface area (Å²) in [5, 5.41) is 4.40. The fourth-order valence-corrected chi connectivity index (χ4v) is 2.15. The Hall–Kier alpha value is -1.77. The second-order valence-electron chi connectivity index (χ2n) is 4.91. The van der Waals surface area contributed by atoms with Crippen molar-refractivity contribution < 1.29 is 4.74 Å². The zero-order valence-corrected chi connectivity index (χ0v) is 11.7. The Labute approximate surface area is 108 Å². The third-order valence-electron chi connectivity index (χ3n) is 3.17. The standard InChI is InChI=1S/C15H20N2O/c1-10(2)12-6-7-15(18-5)13(9-12)14-8-11(3)16-17(14)4/h6-10H,1-5H3. The van der Waals surface area contributed by atoms with E-state index in [0.717, 1.165) is 22.7 Å². The summed E-state index contributed by atoms with van der Waals surface area (Å²) in [6, 6.07) is 8.44. The maximum Gasteiger partial charge on any atom is 0.128 e. The molecular formula is C15H20N2O. The minimum absolute atomic E-state index is 0.504. The summed E-state index contributed by atoms with van der Waals surface area (Å²) >= 11 is 0. The van der Waals surface area contributed by atoms with Crippen LogP contribution in [0.1, 0.15) is 31.0 Å². The van der Waals surface area contributed by atoms with Gasteiger partial charge in [-0.25, -0.2) is 0 Å². The van der Waals surface area contributed by atoms with Crippen LogP contribution in [0.25, 0.3) is 11.3 Å². The van der Waals surface area contributed by atoms with Crippen LogP contribution in [0.3, 0.4) is 0 Å². The number of methoxy groups -OCH3 is 1. The van der Waals surface area contributed by atoms with E-state index in [1.54, 1.807) is 7.11 Å². The Morgan fingerprint density at radius 3 is 2.44 bits per heavy atom. The predicted octanol–water partition coefficient (Wildman–Crippen LogP) is 3.53. The number of rotatable bonds is 3. The topological polar surface area (TPSA) is 27.1 Å². The first-order valence-electron chi connectivity index (χ1n) is 6.22. The maximum absolute atomic E-state index is 5.46. The minimum atomic E-state index is 0.504. The number of nitrogens with zero attached hydrogens (tertiary/aromatic N) is 2. The number of hydrogen-bond acceptors (Lipinski definition) is 2. The van der Waals surface area contributed by atoms with E-state index in [1.165, 1.54) is 5.56 Å². The molecule has 0 aliphatic rings. The van der Waals surface area contributed by atoms with Crippen molar-refractivity contribution in [3.8, 4) is 17.0 Å². The Kier molecular flexibility index (Phi) is 3.41. The Balaban J connectivity index is 2.60. The van der Waals surface area contributed by atoms with Gasteiger partial charge in [0.15, 0.2) is 0 Å². The van der Waals surface area contributed by atoms with Crippen molar-refractivity contribution in [3.05, 3.63) is 35.5 Å². The highest BCUT2D eigenvalue weighted by Crippen LogP contribution is 2.32. The summed E-state index contributed by atoms with van der Waals surface area (Å²) in [5.41, 5.74) is 4.52. The Morgan fingerprint density at radius 2 is 1.94 bits per heavy atom. The molecule has 0 radical (unpaired) electrons. The zero-order chi connectivity index (χ0) is 13.3. The summed E-state index contributed by atoms with van der Waals surface area (Å²) < 4.78 is 7.36. The number of aromatic nitrogens is 2. The van der Waals surface area contributed by atoms with Crippen LogP contribution in [0.4, 0.5) is 0 Å². The molecule has 0 saturated carbocycles. The quantitative estimate of drug-likeness (QED) is 0.826. The van der Waals surface area contributed by atoms with E-state index in [1.807, 2.05) is 24.7 Å². The van der Waals surface area contributed by atoms with Gasteiger partial charge in [0.2, 0.25) is 0 Å². The number of ether oxygens (including phenoxy) is 1. The molecule has 2 rings (SSSR count). The van der Waals surface area contributed by atoms with E-state index < -0.39 is 0 Å². The van der Waals surface area contributed by atoms with E-state index in [4.69, 9.17) is 4.74 Å². The van der Waals surface area contributed by atoms with Crippen LogP contribution in [-0.4, -0.2) is 16.9 Å². The van der Waals surface area contributed by atoms with Gasteiger partial charge in [-0.15, -0.1) is 0 Å². The first-order valence-corrected chi connectivity index (χ1v) is 6.22. The molecule has 1 aromatic heterocycles. The molecule has 96 valence electrons. The van der Waals surface area contributed by atoms with Crippen molar-refractivity contribution in [1.82, 2.24) is 9.78 Å². The highest BCUT2D eigenvalue weighted by Gasteiger charge is 2.12. The molecule has 0 bridgehead atoms. The van der Waals surface area contributed by atoms with Crippen molar-refractivity contribution in [1.29, 1.82) is 0 Å². The van der Waals surface area contributed by atoms with Crippen molar-refractivity contribution >= 4 is 0 Å². The lowest BCUT2D eigenvalue weighted by Crippen LogP contribution is -1.98. The monoisotopic (exact) mass is 244 g/mol. The summed E-state index contributed by atoms with van der Waals surface area (Å²) in [6.45, 7) is 6.39. The normalized spacial score (nSPS) is 11.0. The van der Waals surface area contributed by atoms with Crippen molar-refractivity contribution in [2.45, 2.75) is 26.7 Å². The average Bonchev–Trinajstić information content (AvgIpc) is 2.67. The lowest BCUT2D eigenvalue weighted by molar-refractivity contribution is 0.416. The zero-order valence-electron chi connectivity index (χ0n) is 11.7. The van der Waals surface area contributed by atoms with Crippen molar-refractivity contribution in [3.63, 3.8) is 0 Å². The molecular weight excluding hydrogens is 224 g/mol. The summed E-state index contributed by atoms with van der Waals surface area (Å²) in [5.74, 6) is 1.39. The molecule has 18 heavy (non-hydrogen) atoms. The van der Waals surface area contributed by atoms with Gasteiger partial charge in [-0.1, -0.05) is 19.9 Å². The van der Waals surface area contributed by atoms with E-state index in [0.29, 0.717) is 5.92 Å². The van der Waals surface area contributed by atoms with Crippen LogP contribution in [0.5, 0.6) is 5.75 Å². The van der Waals surface area contributed by atoms with Gasteiger partial charge in [0.1, 0.15) is 5.75 Å². The molecule has 0 saturated heterocycles. The minimum Gasteiger partial charge on any atom is -0.496 e. The van der Waals surface area contributed by atoms with E-state index in [-0.39, 0.29) is 0 Å². The van der Waals surface area contributed by atoms with Gasteiger partial charge in [-0.2, -0.15) is 5.10 Å². The predicted molar refractivity (Wildman–Crippen MR) is 74.0 cm³/mol. The number of benzene rings is 1. The average molecular weight is 244 g/mol. The second kappa shape index (κ2) is 4.84. The first kappa shape index (κ1) is 12.7. The molecule has 0 aliphatic carbocycles. The van der Waals surface area contributed by atoms with Gasteiger partial charge < -0.3 is 4.74 Å². The summed E-state index contributed by atoms with van der Waals surface area (Å²) in [6.07, 6.45) is 0. The third-order valence-corrected chi connectivity index (χ3v) is 3.17. The van der Waals surface area contributed by atoms with Crippen LogP contribution in [-0.2, 0) is 7.05 Å². The van der Waals surface area contributed by atoms with Gasteiger partial charge in [0.25, 0.3) is 0 Å². The third kappa shape index (κ3) is 2.26. The summed E-state index contributed by atoms with van der Waals surface area (Å²) in [7, 11) is 3.67. The smallest absolute Gasteiger partial charge is 0.128 e. The molecule has 0 unspecified atom stereocenters. The maximum atomic E-state index is 5.46. The van der Waals surface area contributed by atoms with Gasteiger partial charge in [0.05, 0.1) is 18.5 Å². The van der Waals surface area contributed by atoms with Crippen LogP contribution in [0.15, 0.2) is 24.3 Å². The molecule has 1 aromatic carbocycles. The van der Waals surface area contributed by atoms with Crippen LogP contribution in [0, 0.1) is 6.92 Å². The molecule has 0 atom stereocenters. The van der Waals surface area contributed by atoms with Crippen molar-refractivity contribution in [2.24, 2.45) is 7.05 Å². The lowest BCUT2D eigenvalue weighted by atomic mass is 9.99. The van der Waals surface area contributed by atoms with Gasteiger partial charge in [0, 0.05) is 12.6 Å². The SMILES string of the molecule is COc1ccc(C(C)C)cc1-c1cc(C)nn1C. The van der Waals surface area contributed by atoms with Gasteiger partial charge >= 0.3 is 0 Å². The second-order valence-corrected chi connectivity index (χ2v) is 4.91. The van der Waals surface area contributed by atoms with Crippen LogP contribution < -0.4 is 4.74 Å². The molecule has 0 N–H and O–H groups in total. The van der Waals surface area contributed by atoms with Gasteiger partial charge in [-0.05, 0) is 36.6 Å². The highest BCUT2D eigenvalue weighted by molar-refractivity contribution is 5.69. The molecule has 2 aromatic rings. The van der Waals surface area contributed by atoms with E-state index in [2.05, 4.69) is 37.1 Å². The molecule has 0 spiro atoms. The van der Waals surface area contributed by atoms with Crippen molar-refractivity contribution in [2.75, 3.05) is 7.11 Å². The van der Waals surface area contributed by atoms with E-state index >= 15 is 0 Å². The largest absolute Gasteiger partial charge is 0.496 e. The first-order chi connectivity index (χ1) is 8.52. The molecule has 3 heteroatoms.